The summed E-state index contributed by atoms with van der Waals surface area (Å²) >= 11 is 0. The summed E-state index contributed by atoms with van der Waals surface area (Å²) in [6, 6.07) is 16.0. The number of aromatic nitrogens is 1. The molecule has 3 aromatic rings. The number of nitrogens with zero attached hydrogens (tertiary/aromatic N) is 3. The van der Waals surface area contributed by atoms with E-state index in [1.165, 1.54) is 18.2 Å². The SMILES string of the molecule is O=C(c1cccnc1Nc1ccccc1F)N1CCN(c2ccc(F)cc2)CC1. The zero-order valence-electron chi connectivity index (χ0n) is 15.7. The molecule has 0 aliphatic carbocycles. The number of amides is 1. The molecule has 1 aromatic heterocycles. The largest absolute Gasteiger partial charge is 0.368 e. The van der Waals surface area contributed by atoms with Gasteiger partial charge in [-0.05, 0) is 48.5 Å². The molecule has 4 rings (SSSR count). The van der Waals surface area contributed by atoms with Crippen LogP contribution in [0, 0.1) is 11.6 Å². The van der Waals surface area contributed by atoms with Crippen LogP contribution < -0.4 is 10.2 Å². The quantitative estimate of drug-likeness (QED) is 0.725. The zero-order valence-corrected chi connectivity index (χ0v) is 15.7. The molecule has 5 nitrogen and oxygen atoms in total. The van der Waals surface area contributed by atoms with Crippen molar-refractivity contribution in [2.45, 2.75) is 0 Å². The van der Waals surface area contributed by atoms with E-state index in [0.29, 0.717) is 37.6 Å². The fourth-order valence-corrected chi connectivity index (χ4v) is 3.36. The van der Waals surface area contributed by atoms with E-state index in [0.717, 1.165) is 5.69 Å². The standard InChI is InChI=1S/C22H20F2N4O/c23-16-7-9-17(10-8-16)27-12-14-28(15-13-27)22(29)18-4-3-11-25-21(18)26-20-6-2-1-5-19(20)24/h1-11H,12-15H2,(H,25,26). The third-order valence-corrected chi connectivity index (χ3v) is 4.92. The first-order valence-corrected chi connectivity index (χ1v) is 9.38. The van der Waals surface area contributed by atoms with E-state index in [9.17, 15) is 13.6 Å². The lowest BCUT2D eigenvalue weighted by Crippen LogP contribution is -2.48. The van der Waals surface area contributed by atoms with Gasteiger partial charge in [0.2, 0.25) is 0 Å². The van der Waals surface area contributed by atoms with E-state index in [1.807, 2.05) is 0 Å². The Morgan fingerprint density at radius 2 is 1.62 bits per heavy atom. The maximum atomic E-state index is 14.0. The Bertz CT molecular complexity index is 1000. The van der Waals surface area contributed by atoms with Gasteiger partial charge in [0.25, 0.3) is 5.91 Å². The second kappa shape index (κ2) is 8.26. The van der Waals surface area contributed by atoms with Crippen LogP contribution in [-0.2, 0) is 0 Å². The summed E-state index contributed by atoms with van der Waals surface area (Å²) in [5.74, 6) is -0.516. The molecule has 2 heterocycles. The molecule has 0 unspecified atom stereocenters. The fraction of sp³-hybridized carbons (Fsp3) is 0.182. The minimum Gasteiger partial charge on any atom is -0.368 e. The molecule has 1 saturated heterocycles. The topological polar surface area (TPSA) is 48.5 Å². The van der Waals surface area contributed by atoms with Crippen LogP contribution in [0.1, 0.15) is 10.4 Å². The van der Waals surface area contributed by atoms with Gasteiger partial charge < -0.3 is 15.1 Å². The first-order valence-electron chi connectivity index (χ1n) is 9.38. The van der Waals surface area contributed by atoms with E-state index in [4.69, 9.17) is 0 Å². The molecule has 2 aromatic carbocycles. The third-order valence-electron chi connectivity index (χ3n) is 4.92. The van der Waals surface area contributed by atoms with E-state index < -0.39 is 5.82 Å². The second-order valence-corrected chi connectivity index (χ2v) is 6.76. The van der Waals surface area contributed by atoms with Crippen LogP contribution in [0.4, 0.5) is 26.0 Å². The number of benzene rings is 2. The lowest BCUT2D eigenvalue weighted by Gasteiger charge is -2.36. The lowest BCUT2D eigenvalue weighted by atomic mass is 10.2. The number of anilines is 3. The molecule has 0 bridgehead atoms. The Labute approximate surface area is 167 Å². The molecule has 1 aliphatic rings. The number of nitrogens with one attached hydrogen (secondary N) is 1. The first kappa shape index (κ1) is 18.9. The van der Waals surface area contributed by atoms with Crippen molar-refractivity contribution in [3.05, 3.63) is 84.1 Å². The molecule has 1 aliphatic heterocycles. The number of pyridine rings is 1. The Morgan fingerprint density at radius 1 is 0.897 bits per heavy atom. The molecule has 1 fully saturated rings. The van der Waals surface area contributed by atoms with Gasteiger partial charge in [-0.2, -0.15) is 0 Å². The van der Waals surface area contributed by atoms with Gasteiger partial charge in [0.05, 0.1) is 11.3 Å². The maximum absolute atomic E-state index is 14.0. The summed E-state index contributed by atoms with van der Waals surface area (Å²) in [4.78, 5) is 21.2. The average molecular weight is 394 g/mol. The van der Waals surface area contributed by atoms with Gasteiger partial charge >= 0.3 is 0 Å². The van der Waals surface area contributed by atoms with Crippen molar-refractivity contribution in [1.29, 1.82) is 0 Å². The predicted molar refractivity (Wildman–Crippen MR) is 108 cm³/mol. The maximum Gasteiger partial charge on any atom is 0.257 e. The van der Waals surface area contributed by atoms with Crippen molar-refractivity contribution < 1.29 is 13.6 Å². The van der Waals surface area contributed by atoms with Crippen LogP contribution >= 0.6 is 0 Å². The number of rotatable bonds is 4. The summed E-state index contributed by atoms with van der Waals surface area (Å²) in [6.45, 7) is 2.36. The van der Waals surface area contributed by atoms with Crippen LogP contribution in [0.15, 0.2) is 66.9 Å². The van der Waals surface area contributed by atoms with Crippen molar-refractivity contribution in [3.8, 4) is 0 Å². The minimum absolute atomic E-state index is 0.157. The molecular weight excluding hydrogens is 374 g/mol. The van der Waals surface area contributed by atoms with Crippen LogP contribution in [0.5, 0.6) is 0 Å². The van der Waals surface area contributed by atoms with Crippen molar-refractivity contribution in [3.63, 3.8) is 0 Å². The Kier molecular flexibility index (Phi) is 5.37. The van der Waals surface area contributed by atoms with Crippen molar-refractivity contribution in [2.75, 3.05) is 36.4 Å². The van der Waals surface area contributed by atoms with Gasteiger partial charge in [0.15, 0.2) is 0 Å². The number of hydrogen-bond acceptors (Lipinski definition) is 4. The van der Waals surface area contributed by atoms with Gasteiger partial charge in [0, 0.05) is 38.1 Å². The van der Waals surface area contributed by atoms with E-state index in [2.05, 4.69) is 15.2 Å². The van der Waals surface area contributed by atoms with Crippen LogP contribution in [0.3, 0.4) is 0 Å². The Balaban J connectivity index is 1.47. The monoisotopic (exact) mass is 394 g/mol. The zero-order chi connectivity index (χ0) is 20.2. The highest BCUT2D eigenvalue weighted by molar-refractivity contribution is 5.99. The first-order chi connectivity index (χ1) is 14.1. The van der Waals surface area contributed by atoms with Gasteiger partial charge in [-0.25, -0.2) is 13.8 Å². The molecule has 1 amide bonds. The molecular formula is C22H20F2N4O. The predicted octanol–water partition coefficient (Wildman–Crippen LogP) is 4.07. The molecule has 0 saturated carbocycles. The summed E-state index contributed by atoms with van der Waals surface area (Å²) in [5.41, 5.74) is 1.59. The van der Waals surface area contributed by atoms with Gasteiger partial charge in [0.1, 0.15) is 17.5 Å². The van der Waals surface area contributed by atoms with Gasteiger partial charge in [-0.3, -0.25) is 4.79 Å². The number of halogens is 2. The number of hydrogen-bond donors (Lipinski definition) is 1. The molecule has 29 heavy (non-hydrogen) atoms. The molecule has 148 valence electrons. The number of carbonyl (C=O) groups excluding carboxylic acids is 1. The molecule has 7 heteroatoms. The summed E-state index contributed by atoms with van der Waals surface area (Å²) in [7, 11) is 0. The van der Waals surface area contributed by atoms with Gasteiger partial charge in [-0.15, -0.1) is 0 Å². The molecule has 1 N–H and O–H groups in total. The summed E-state index contributed by atoms with van der Waals surface area (Å²) in [5, 5.41) is 2.92. The van der Waals surface area contributed by atoms with Crippen molar-refractivity contribution in [1.82, 2.24) is 9.88 Å². The molecule has 0 radical (unpaired) electrons. The fourth-order valence-electron chi connectivity index (χ4n) is 3.36. The average Bonchev–Trinajstić information content (AvgIpc) is 2.76. The van der Waals surface area contributed by atoms with Crippen molar-refractivity contribution >= 4 is 23.1 Å². The summed E-state index contributed by atoms with van der Waals surface area (Å²) < 4.78 is 27.1. The Hall–Kier alpha value is -3.48. The number of para-hydroxylation sites is 1. The molecule has 0 spiro atoms. The van der Waals surface area contributed by atoms with Crippen LogP contribution in [-0.4, -0.2) is 42.0 Å². The Morgan fingerprint density at radius 3 is 2.34 bits per heavy atom. The van der Waals surface area contributed by atoms with E-state index in [1.54, 1.807) is 53.6 Å². The second-order valence-electron chi connectivity index (χ2n) is 6.76. The lowest BCUT2D eigenvalue weighted by molar-refractivity contribution is 0.0747. The highest BCUT2D eigenvalue weighted by atomic mass is 19.1. The van der Waals surface area contributed by atoms with Gasteiger partial charge in [-0.1, -0.05) is 12.1 Å². The minimum atomic E-state index is -0.413. The number of carbonyl (C=O) groups is 1. The molecule has 0 atom stereocenters. The highest BCUT2D eigenvalue weighted by Gasteiger charge is 2.24. The number of piperazine rings is 1. The normalized spacial score (nSPS) is 14.0. The third kappa shape index (κ3) is 4.18. The van der Waals surface area contributed by atoms with Crippen LogP contribution in [0.2, 0.25) is 0 Å². The van der Waals surface area contributed by atoms with Crippen molar-refractivity contribution in [2.24, 2.45) is 0 Å². The van der Waals surface area contributed by atoms with E-state index >= 15 is 0 Å². The highest BCUT2D eigenvalue weighted by Crippen LogP contribution is 2.23. The summed E-state index contributed by atoms with van der Waals surface area (Å²) in [6.07, 6.45) is 1.56. The van der Waals surface area contributed by atoms with E-state index in [-0.39, 0.29) is 17.4 Å². The smallest absolute Gasteiger partial charge is 0.257 e. The van der Waals surface area contributed by atoms with Crippen LogP contribution in [0.25, 0.3) is 0 Å².